The van der Waals surface area contributed by atoms with Gasteiger partial charge in [0.05, 0.1) is 10.6 Å². The van der Waals surface area contributed by atoms with E-state index in [0.717, 1.165) is 10.0 Å². The molecule has 22 heavy (non-hydrogen) atoms. The van der Waals surface area contributed by atoms with Crippen molar-refractivity contribution in [2.24, 2.45) is 5.10 Å². The van der Waals surface area contributed by atoms with E-state index in [2.05, 4.69) is 26.5 Å². The number of hydrogen-bond acceptors (Lipinski definition) is 4. The Morgan fingerprint density at radius 3 is 2.45 bits per heavy atom. The molecule has 0 aromatic heterocycles. The fourth-order valence-electron chi connectivity index (χ4n) is 1.78. The number of carbonyl (C=O) groups excluding carboxylic acids is 1. The molecule has 0 atom stereocenters. The Balaban J connectivity index is 2.17. The lowest BCUT2D eigenvalue weighted by molar-refractivity contribution is -0.385. The molecule has 2 aromatic rings. The Kier molecular flexibility index (Phi) is 5.00. The second kappa shape index (κ2) is 6.95. The smallest absolute Gasteiger partial charge is 0.267 e. The molecule has 0 unspecified atom stereocenters. The van der Waals surface area contributed by atoms with Crippen molar-refractivity contribution in [1.29, 1.82) is 0 Å². The Morgan fingerprint density at radius 2 is 1.82 bits per heavy atom. The molecule has 112 valence electrons. The minimum atomic E-state index is -0.622. The SMILES string of the molecule is C/C(=N\NC(=O)c1ccccc1[N+](=O)[O-])c1ccc(Br)cc1. The number of nitrogens with zero attached hydrogens (tertiary/aromatic N) is 2. The maximum Gasteiger partial charge on any atom is 0.282 e. The predicted molar refractivity (Wildman–Crippen MR) is 86.9 cm³/mol. The first kappa shape index (κ1) is 15.8. The quantitative estimate of drug-likeness (QED) is 0.513. The van der Waals surface area contributed by atoms with Crippen LogP contribution in [0.5, 0.6) is 0 Å². The summed E-state index contributed by atoms with van der Waals surface area (Å²) in [7, 11) is 0. The number of nitro benzene ring substituents is 1. The van der Waals surface area contributed by atoms with Crippen molar-refractivity contribution in [3.8, 4) is 0 Å². The van der Waals surface area contributed by atoms with Crippen molar-refractivity contribution < 1.29 is 9.72 Å². The van der Waals surface area contributed by atoms with E-state index in [1.54, 1.807) is 13.0 Å². The third-order valence-electron chi connectivity index (χ3n) is 2.93. The predicted octanol–water partition coefficient (Wildman–Crippen LogP) is 3.51. The molecule has 0 radical (unpaired) electrons. The van der Waals surface area contributed by atoms with Crippen LogP contribution in [0.2, 0.25) is 0 Å². The van der Waals surface area contributed by atoms with Crippen molar-refractivity contribution in [2.45, 2.75) is 6.92 Å². The first-order chi connectivity index (χ1) is 10.5. The standard InChI is InChI=1S/C15H12BrN3O3/c1-10(11-6-8-12(16)9-7-11)17-18-15(20)13-4-2-3-5-14(13)19(21)22/h2-9H,1H3,(H,18,20)/b17-10+. The summed E-state index contributed by atoms with van der Waals surface area (Å²) < 4.78 is 0.938. The van der Waals surface area contributed by atoms with E-state index in [4.69, 9.17) is 0 Å². The molecule has 0 saturated heterocycles. The van der Waals surface area contributed by atoms with Crippen LogP contribution in [0.15, 0.2) is 58.1 Å². The van der Waals surface area contributed by atoms with Crippen LogP contribution in [0.25, 0.3) is 0 Å². The van der Waals surface area contributed by atoms with Gasteiger partial charge in [-0.1, -0.05) is 40.2 Å². The summed E-state index contributed by atoms with van der Waals surface area (Å²) in [6.45, 7) is 1.74. The zero-order chi connectivity index (χ0) is 16.1. The molecule has 0 fully saturated rings. The Morgan fingerprint density at radius 1 is 1.18 bits per heavy atom. The second-order valence-electron chi connectivity index (χ2n) is 4.42. The first-order valence-corrected chi connectivity index (χ1v) is 7.12. The normalized spacial score (nSPS) is 11.1. The molecule has 7 heteroatoms. The van der Waals surface area contributed by atoms with Gasteiger partial charge in [-0.15, -0.1) is 0 Å². The van der Waals surface area contributed by atoms with Gasteiger partial charge in [-0.25, -0.2) is 5.43 Å². The molecule has 2 rings (SSSR count). The number of hydrazone groups is 1. The molecule has 0 spiro atoms. The number of para-hydroxylation sites is 1. The van der Waals surface area contributed by atoms with Gasteiger partial charge in [0.1, 0.15) is 5.56 Å². The van der Waals surface area contributed by atoms with Gasteiger partial charge in [-0.3, -0.25) is 14.9 Å². The van der Waals surface area contributed by atoms with Gasteiger partial charge >= 0.3 is 0 Å². The van der Waals surface area contributed by atoms with Crippen LogP contribution in [0.3, 0.4) is 0 Å². The fraction of sp³-hybridized carbons (Fsp3) is 0.0667. The van der Waals surface area contributed by atoms with Crippen LogP contribution in [-0.2, 0) is 0 Å². The lowest BCUT2D eigenvalue weighted by atomic mass is 10.1. The Hall–Kier alpha value is -2.54. The Bertz CT molecular complexity index is 742. The maximum absolute atomic E-state index is 12.0. The van der Waals surface area contributed by atoms with Crippen molar-refractivity contribution in [3.63, 3.8) is 0 Å². The molecule has 0 bridgehead atoms. The highest BCUT2D eigenvalue weighted by atomic mass is 79.9. The number of rotatable bonds is 4. The van der Waals surface area contributed by atoms with Gasteiger partial charge < -0.3 is 0 Å². The van der Waals surface area contributed by atoms with E-state index >= 15 is 0 Å². The van der Waals surface area contributed by atoms with E-state index in [1.165, 1.54) is 18.2 Å². The van der Waals surface area contributed by atoms with E-state index in [-0.39, 0.29) is 11.3 Å². The van der Waals surface area contributed by atoms with Crippen LogP contribution >= 0.6 is 15.9 Å². The van der Waals surface area contributed by atoms with Crippen molar-refractivity contribution in [2.75, 3.05) is 0 Å². The third kappa shape index (κ3) is 3.76. The molecule has 0 heterocycles. The van der Waals surface area contributed by atoms with Crippen LogP contribution in [-0.4, -0.2) is 16.5 Å². The average molecular weight is 362 g/mol. The molecule has 6 nitrogen and oxygen atoms in total. The van der Waals surface area contributed by atoms with E-state index in [9.17, 15) is 14.9 Å². The molecular weight excluding hydrogens is 350 g/mol. The van der Waals surface area contributed by atoms with Gasteiger partial charge in [0.25, 0.3) is 11.6 Å². The minimum absolute atomic E-state index is 0.0279. The van der Waals surface area contributed by atoms with Crippen LogP contribution in [0, 0.1) is 10.1 Å². The highest BCUT2D eigenvalue weighted by Gasteiger charge is 2.18. The molecule has 1 N–H and O–H groups in total. The minimum Gasteiger partial charge on any atom is -0.267 e. The van der Waals surface area contributed by atoms with Gasteiger partial charge in [0, 0.05) is 10.5 Å². The molecule has 0 aliphatic rings. The topological polar surface area (TPSA) is 84.6 Å². The summed E-state index contributed by atoms with van der Waals surface area (Å²) in [5.41, 5.74) is 3.49. The zero-order valence-corrected chi connectivity index (χ0v) is 13.2. The summed E-state index contributed by atoms with van der Waals surface area (Å²) in [6.07, 6.45) is 0. The summed E-state index contributed by atoms with van der Waals surface area (Å²) in [5, 5.41) is 14.9. The summed E-state index contributed by atoms with van der Waals surface area (Å²) in [5.74, 6) is -0.622. The summed E-state index contributed by atoms with van der Waals surface area (Å²) in [4.78, 5) is 22.3. The monoisotopic (exact) mass is 361 g/mol. The lowest BCUT2D eigenvalue weighted by Crippen LogP contribution is -2.20. The molecule has 2 aromatic carbocycles. The third-order valence-corrected chi connectivity index (χ3v) is 3.46. The van der Waals surface area contributed by atoms with Gasteiger partial charge in [0.2, 0.25) is 0 Å². The number of nitro groups is 1. The number of benzene rings is 2. The zero-order valence-electron chi connectivity index (χ0n) is 11.6. The number of hydrogen-bond donors (Lipinski definition) is 1. The van der Waals surface area contributed by atoms with Crippen molar-refractivity contribution >= 4 is 33.2 Å². The molecule has 1 amide bonds. The van der Waals surface area contributed by atoms with E-state index < -0.39 is 10.8 Å². The molecule has 0 aliphatic heterocycles. The number of nitrogens with one attached hydrogen (secondary N) is 1. The number of amides is 1. The summed E-state index contributed by atoms with van der Waals surface area (Å²) >= 11 is 3.34. The van der Waals surface area contributed by atoms with Gasteiger partial charge in [-0.2, -0.15) is 5.10 Å². The average Bonchev–Trinajstić information content (AvgIpc) is 2.53. The Labute approximate surface area is 135 Å². The van der Waals surface area contributed by atoms with E-state index in [1.807, 2.05) is 24.3 Å². The van der Waals surface area contributed by atoms with Crippen LogP contribution < -0.4 is 5.43 Å². The molecule has 0 saturated carbocycles. The van der Waals surface area contributed by atoms with Crippen molar-refractivity contribution in [1.82, 2.24) is 5.43 Å². The van der Waals surface area contributed by atoms with Gasteiger partial charge in [0.15, 0.2) is 0 Å². The molecule has 0 aliphatic carbocycles. The maximum atomic E-state index is 12.0. The highest BCUT2D eigenvalue weighted by molar-refractivity contribution is 9.10. The fourth-order valence-corrected chi connectivity index (χ4v) is 2.04. The van der Waals surface area contributed by atoms with E-state index in [0.29, 0.717) is 5.71 Å². The van der Waals surface area contributed by atoms with Crippen molar-refractivity contribution in [3.05, 3.63) is 74.2 Å². The highest BCUT2D eigenvalue weighted by Crippen LogP contribution is 2.17. The number of halogens is 1. The van der Waals surface area contributed by atoms with Crippen LogP contribution in [0.4, 0.5) is 5.69 Å². The lowest BCUT2D eigenvalue weighted by Gasteiger charge is -2.04. The van der Waals surface area contributed by atoms with Crippen LogP contribution in [0.1, 0.15) is 22.8 Å². The molecular formula is C15H12BrN3O3. The number of carbonyl (C=O) groups is 1. The summed E-state index contributed by atoms with van der Waals surface area (Å²) in [6, 6.07) is 13.1. The largest absolute Gasteiger partial charge is 0.282 e. The first-order valence-electron chi connectivity index (χ1n) is 6.33. The van der Waals surface area contributed by atoms with Gasteiger partial charge in [-0.05, 0) is 30.7 Å². The second-order valence-corrected chi connectivity index (χ2v) is 5.33.